The zero-order chi connectivity index (χ0) is 13.5. The zero-order valence-corrected chi connectivity index (χ0v) is 13.1. The third-order valence-corrected chi connectivity index (χ3v) is 7.06. The van der Waals surface area contributed by atoms with Crippen LogP contribution in [0.1, 0.15) is 32.4 Å². The molecule has 0 spiro atoms. The van der Waals surface area contributed by atoms with E-state index in [-0.39, 0.29) is 10.5 Å². The van der Waals surface area contributed by atoms with Crippen molar-refractivity contribution in [3.05, 3.63) is 10.2 Å². The van der Waals surface area contributed by atoms with E-state index >= 15 is 0 Å². The lowest BCUT2D eigenvalue weighted by molar-refractivity contribution is 0.316. The largest absolute Gasteiger partial charge is 0.254 e. The summed E-state index contributed by atoms with van der Waals surface area (Å²) in [6.07, 6.45) is 1.86. The zero-order valence-electron chi connectivity index (χ0n) is 10.7. The Morgan fingerprint density at radius 2 is 2.17 bits per heavy atom. The molecule has 0 amide bonds. The van der Waals surface area contributed by atoms with Gasteiger partial charge in [0.1, 0.15) is 0 Å². The Morgan fingerprint density at radius 3 is 2.67 bits per heavy atom. The van der Waals surface area contributed by atoms with E-state index in [1.54, 1.807) is 11.2 Å². The lowest BCUT2D eigenvalue weighted by Crippen LogP contribution is -2.38. The third kappa shape index (κ3) is 2.43. The minimum absolute atomic E-state index is 0.0928. The molecule has 7 heteroatoms. The smallest absolute Gasteiger partial charge is 0.229 e. The Hall–Kier alpha value is -0.170. The highest BCUT2D eigenvalue weighted by Crippen LogP contribution is 2.34. The van der Waals surface area contributed by atoms with Gasteiger partial charge in [0.2, 0.25) is 0 Å². The second-order valence-electron chi connectivity index (χ2n) is 4.91. The molecule has 18 heavy (non-hydrogen) atoms. The summed E-state index contributed by atoms with van der Waals surface area (Å²) in [6, 6.07) is 0.0928. The summed E-state index contributed by atoms with van der Waals surface area (Å²) in [7, 11) is -3.44. The van der Waals surface area contributed by atoms with Crippen molar-refractivity contribution >= 4 is 33.0 Å². The highest BCUT2D eigenvalue weighted by molar-refractivity contribution is 7.91. The third-order valence-electron chi connectivity index (χ3n) is 3.29. The summed E-state index contributed by atoms with van der Waals surface area (Å²) in [5, 5.41) is 0. The van der Waals surface area contributed by atoms with Gasteiger partial charge in [0.25, 0.3) is 10.0 Å². The lowest BCUT2D eigenvalue weighted by Gasteiger charge is -2.26. The number of rotatable bonds is 3. The van der Waals surface area contributed by atoms with Crippen LogP contribution in [0.3, 0.4) is 0 Å². The van der Waals surface area contributed by atoms with Crippen molar-refractivity contribution in [1.29, 1.82) is 0 Å². The Bertz CT molecular complexity index is 539. The van der Waals surface area contributed by atoms with E-state index in [2.05, 4.69) is 18.8 Å². The first-order valence-corrected chi connectivity index (χ1v) is 8.62. The molecule has 0 N–H and O–H groups in total. The number of aryl methyl sites for hydroxylation is 1. The molecule has 1 saturated heterocycles. The Morgan fingerprint density at radius 1 is 1.50 bits per heavy atom. The van der Waals surface area contributed by atoms with Gasteiger partial charge in [-0.15, -0.1) is 0 Å². The van der Waals surface area contributed by atoms with Gasteiger partial charge in [-0.2, -0.15) is 4.31 Å². The van der Waals surface area contributed by atoms with Gasteiger partial charge in [-0.1, -0.05) is 36.8 Å². The molecule has 2 heterocycles. The van der Waals surface area contributed by atoms with Crippen LogP contribution in [-0.2, 0) is 10.0 Å². The second-order valence-corrected chi connectivity index (χ2v) is 8.58. The SMILES string of the molecule is Cc1nc(Cl)sc1S(=O)(=O)N1CCCC1C(C)C. The van der Waals surface area contributed by atoms with Crippen LogP contribution in [-0.4, -0.2) is 30.3 Å². The number of sulfonamides is 1. The molecule has 1 unspecified atom stereocenters. The standard InChI is InChI=1S/C11H17ClN2O2S2/c1-7(2)9-5-4-6-14(9)18(15,16)10-8(3)13-11(12)17-10/h7,9H,4-6H2,1-3H3. The average molecular weight is 309 g/mol. The lowest BCUT2D eigenvalue weighted by atomic mass is 10.0. The van der Waals surface area contributed by atoms with Crippen molar-refractivity contribution in [2.24, 2.45) is 5.92 Å². The molecular formula is C11H17ClN2O2S2. The molecular weight excluding hydrogens is 292 g/mol. The van der Waals surface area contributed by atoms with E-state index in [1.165, 1.54) is 0 Å². The maximum absolute atomic E-state index is 12.6. The molecule has 0 aromatic carbocycles. The van der Waals surface area contributed by atoms with E-state index in [1.807, 2.05) is 0 Å². The quantitative estimate of drug-likeness (QED) is 0.862. The Kier molecular flexibility index (Phi) is 4.02. The predicted octanol–water partition coefficient (Wildman–Crippen LogP) is 2.91. The maximum Gasteiger partial charge on any atom is 0.254 e. The Labute approximate surface area is 117 Å². The van der Waals surface area contributed by atoms with E-state index in [0.717, 1.165) is 24.2 Å². The monoisotopic (exact) mass is 308 g/mol. The second kappa shape index (κ2) is 5.07. The van der Waals surface area contributed by atoms with Gasteiger partial charge in [0.15, 0.2) is 8.68 Å². The fourth-order valence-electron chi connectivity index (χ4n) is 2.43. The van der Waals surface area contributed by atoms with Gasteiger partial charge < -0.3 is 0 Å². The van der Waals surface area contributed by atoms with Crippen LogP contribution in [0.25, 0.3) is 0 Å². The first-order chi connectivity index (χ1) is 8.34. The molecule has 2 rings (SSSR count). The van der Waals surface area contributed by atoms with Crippen molar-refractivity contribution in [1.82, 2.24) is 9.29 Å². The van der Waals surface area contributed by atoms with Crippen LogP contribution in [0.5, 0.6) is 0 Å². The van der Waals surface area contributed by atoms with Crippen molar-refractivity contribution < 1.29 is 8.42 Å². The maximum atomic E-state index is 12.6. The number of thiazole rings is 1. The minimum atomic E-state index is -3.44. The summed E-state index contributed by atoms with van der Waals surface area (Å²) in [5.41, 5.74) is 0.499. The van der Waals surface area contributed by atoms with Gasteiger partial charge >= 0.3 is 0 Å². The van der Waals surface area contributed by atoms with Crippen molar-refractivity contribution in [2.45, 2.75) is 43.9 Å². The van der Waals surface area contributed by atoms with Gasteiger partial charge in [-0.3, -0.25) is 0 Å². The van der Waals surface area contributed by atoms with Gasteiger partial charge in [-0.05, 0) is 25.7 Å². The Balaban J connectivity index is 2.40. The molecule has 1 aromatic heterocycles. The first kappa shape index (κ1) is 14.2. The van der Waals surface area contributed by atoms with E-state index in [0.29, 0.717) is 22.4 Å². The van der Waals surface area contributed by atoms with Crippen molar-refractivity contribution in [3.8, 4) is 0 Å². The summed E-state index contributed by atoms with van der Waals surface area (Å²) in [6.45, 7) is 6.41. The fraction of sp³-hybridized carbons (Fsp3) is 0.727. The molecule has 1 aromatic rings. The summed E-state index contributed by atoms with van der Waals surface area (Å²) in [4.78, 5) is 4.00. The highest BCUT2D eigenvalue weighted by atomic mass is 35.5. The number of aromatic nitrogens is 1. The normalized spacial score (nSPS) is 21.9. The number of hydrogen-bond acceptors (Lipinski definition) is 4. The van der Waals surface area contributed by atoms with Crippen LogP contribution in [0, 0.1) is 12.8 Å². The average Bonchev–Trinajstić information content (AvgIpc) is 2.84. The minimum Gasteiger partial charge on any atom is -0.229 e. The molecule has 1 atom stereocenters. The number of halogens is 1. The molecule has 0 radical (unpaired) electrons. The van der Waals surface area contributed by atoms with Gasteiger partial charge in [0, 0.05) is 12.6 Å². The van der Waals surface area contributed by atoms with E-state index in [9.17, 15) is 8.42 Å². The first-order valence-electron chi connectivity index (χ1n) is 5.99. The molecule has 1 fully saturated rings. The van der Waals surface area contributed by atoms with Gasteiger partial charge in [-0.25, -0.2) is 13.4 Å². The van der Waals surface area contributed by atoms with E-state index in [4.69, 9.17) is 11.6 Å². The van der Waals surface area contributed by atoms with Crippen LogP contribution >= 0.6 is 22.9 Å². The van der Waals surface area contributed by atoms with Crippen LogP contribution in [0.4, 0.5) is 0 Å². The van der Waals surface area contributed by atoms with Gasteiger partial charge in [0.05, 0.1) is 5.69 Å². The van der Waals surface area contributed by atoms with Crippen LogP contribution in [0.2, 0.25) is 4.47 Å². The topological polar surface area (TPSA) is 50.3 Å². The number of nitrogens with zero attached hydrogens (tertiary/aromatic N) is 2. The molecule has 0 saturated carbocycles. The molecule has 102 valence electrons. The molecule has 4 nitrogen and oxygen atoms in total. The highest BCUT2D eigenvalue weighted by Gasteiger charge is 2.38. The molecule has 1 aliphatic rings. The summed E-state index contributed by atoms with van der Waals surface area (Å²) >= 11 is 6.85. The predicted molar refractivity (Wildman–Crippen MR) is 73.6 cm³/mol. The van der Waals surface area contributed by atoms with Crippen LogP contribution in [0.15, 0.2) is 4.21 Å². The van der Waals surface area contributed by atoms with Crippen LogP contribution < -0.4 is 0 Å². The summed E-state index contributed by atoms with van der Waals surface area (Å²) < 4.78 is 27.4. The van der Waals surface area contributed by atoms with Crippen molar-refractivity contribution in [2.75, 3.05) is 6.54 Å². The molecule has 0 bridgehead atoms. The summed E-state index contributed by atoms with van der Waals surface area (Å²) in [5.74, 6) is 0.325. The fourth-order valence-corrected chi connectivity index (χ4v) is 6.10. The molecule has 0 aliphatic carbocycles. The molecule has 1 aliphatic heterocycles. The number of hydrogen-bond donors (Lipinski definition) is 0. The van der Waals surface area contributed by atoms with E-state index < -0.39 is 10.0 Å². The van der Waals surface area contributed by atoms with Crippen molar-refractivity contribution in [3.63, 3.8) is 0 Å².